The van der Waals surface area contributed by atoms with Crippen LogP contribution in [0.25, 0.3) is 6.08 Å². The van der Waals surface area contributed by atoms with Crippen LogP contribution >= 0.6 is 0 Å². The quantitative estimate of drug-likeness (QED) is 0.837. The predicted octanol–water partition coefficient (Wildman–Crippen LogP) is 3.58. The van der Waals surface area contributed by atoms with Gasteiger partial charge in [-0.25, -0.2) is 8.42 Å². The van der Waals surface area contributed by atoms with Gasteiger partial charge in [0.05, 0.1) is 11.4 Å². The Bertz CT molecular complexity index is 950. The first kappa shape index (κ1) is 18.2. The number of nitrogens with one attached hydrogen (secondary N) is 1. The molecule has 0 saturated carbocycles. The molecule has 26 heavy (non-hydrogen) atoms. The number of hydrogen-bond acceptors (Lipinski definition) is 3. The second-order valence-electron chi connectivity index (χ2n) is 6.44. The number of anilines is 2. The van der Waals surface area contributed by atoms with Crippen LogP contribution < -0.4 is 9.62 Å². The minimum atomic E-state index is -3.26. The zero-order valence-corrected chi connectivity index (χ0v) is 15.7. The van der Waals surface area contributed by atoms with E-state index < -0.39 is 10.0 Å². The monoisotopic (exact) mass is 370 g/mol. The molecule has 1 aliphatic heterocycles. The molecule has 1 saturated heterocycles. The molecule has 1 aliphatic rings. The SMILES string of the molecule is C/C(=C\c1ccccc1)C(=O)Nc1ccc(C)c(N2CCCS2(=O)=O)c1. The Balaban J connectivity index is 1.81. The summed E-state index contributed by atoms with van der Waals surface area (Å²) in [5.41, 5.74) is 3.61. The third-order valence-electron chi connectivity index (χ3n) is 4.38. The molecule has 136 valence electrons. The van der Waals surface area contributed by atoms with Crippen LogP contribution in [0, 0.1) is 6.92 Å². The number of carbonyl (C=O) groups excluding carboxylic acids is 1. The third-order valence-corrected chi connectivity index (χ3v) is 6.23. The maximum atomic E-state index is 12.5. The number of sulfonamides is 1. The second kappa shape index (κ2) is 7.33. The summed E-state index contributed by atoms with van der Waals surface area (Å²) in [4.78, 5) is 12.5. The van der Waals surface area contributed by atoms with E-state index in [1.165, 1.54) is 4.31 Å². The summed E-state index contributed by atoms with van der Waals surface area (Å²) in [5, 5.41) is 2.85. The average molecular weight is 370 g/mol. The molecule has 0 unspecified atom stereocenters. The van der Waals surface area contributed by atoms with E-state index >= 15 is 0 Å². The summed E-state index contributed by atoms with van der Waals surface area (Å²) in [6, 6.07) is 15.0. The van der Waals surface area contributed by atoms with Gasteiger partial charge in [-0.2, -0.15) is 0 Å². The molecule has 0 bridgehead atoms. The number of aryl methyl sites for hydroxylation is 1. The largest absolute Gasteiger partial charge is 0.322 e. The molecule has 0 spiro atoms. The number of carbonyl (C=O) groups is 1. The standard InChI is InChI=1S/C20H22N2O3S/c1-15-9-10-18(14-19(15)22-11-6-12-26(22,24)25)21-20(23)16(2)13-17-7-4-3-5-8-17/h3-5,7-10,13-14H,6,11-12H2,1-2H3,(H,21,23)/b16-13+. The van der Waals surface area contributed by atoms with E-state index in [0.29, 0.717) is 29.9 Å². The van der Waals surface area contributed by atoms with Crippen LogP contribution in [0.1, 0.15) is 24.5 Å². The van der Waals surface area contributed by atoms with Gasteiger partial charge < -0.3 is 5.32 Å². The number of benzene rings is 2. The lowest BCUT2D eigenvalue weighted by Crippen LogP contribution is -2.26. The first-order valence-electron chi connectivity index (χ1n) is 8.52. The molecule has 0 radical (unpaired) electrons. The molecule has 3 rings (SSSR count). The normalized spacial score (nSPS) is 16.5. The zero-order chi connectivity index (χ0) is 18.7. The summed E-state index contributed by atoms with van der Waals surface area (Å²) in [6.07, 6.45) is 2.44. The first-order valence-corrected chi connectivity index (χ1v) is 10.1. The predicted molar refractivity (Wildman–Crippen MR) is 106 cm³/mol. The van der Waals surface area contributed by atoms with Gasteiger partial charge in [-0.15, -0.1) is 0 Å². The van der Waals surface area contributed by atoms with E-state index in [1.54, 1.807) is 19.1 Å². The molecular weight excluding hydrogens is 348 g/mol. The fourth-order valence-electron chi connectivity index (χ4n) is 2.96. The molecule has 1 heterocycles. The molecule has 0 aromatic heterocycles. The lowest BCUT2D eigenvalue weighted by atomic mass is 10.1. The van der Waals surface area contributed by atoms with Gasteiger partial charge in [0.2, 0.25) is 10.0 Å². The molecule has 0 atom stereocenters. The Morgan fingerprint density at radius 2 is 1.88 bits per heavy atom. The van der Waals surface area contributed by atoms with Gasteiger partial charge in [0.25, 0.3) is 5.91 Å². The number of rotatable bonds is 4. The first-order chi connectivity index (χ1) is 12.4. The van der Waals surface area contributed by atoms with Gasteiger partial charge in [-0.1, -0.05) is 36.4 Å². The van der Waals surface area contributed by atoms with Crippen LogP contribution in [0.3, 0.4) is 0 Å². The van der Waals surface area contributed by atoms with Crippen LogP contribution in [0.2, 0.25) is 0 Å². The van der Waals surface area contributed by atoms with Crippen LogP contribution in [0.15, 0.2) is 54.1 Å². The van der Waals surface area contributed by atoms with Crippen LogP contribution in [-0.4, -0.2) is 26.6 Å². The van der Waals surface area contributed by atoms with Crippen LogP contribution in [-0.2, 0) is 14.8 Å². The highest BCUT2D eigenvalue weighted by Crippen LogP contribution is 2.30. The van der Waals surface area contributed by atoms with Crippen LogP contribution in [0.4, 0.5) is 11.4 Å². The highest BCUT2D eigenvalue weighted by Gasteiger charge is 2.29. The number of nitrogens with zero attached hydrogens (tertiary/aromatic N) is 1. The van der Waals surface area contributed by atoms with Gasteiger partial charge in [0, 0.05) is 17.8 Å². The van der Waals surface area contributed by atoms with E-state index in [4.69, 9.17) is 0 Å². The van der Waals surface area contributed by atoms with Crippen LogP contribution in [0.5, 0.6) is 0 Å². The topological polar surface area (TPSA) is 66.5 Å². The molecule has 1 N–H and O–H groups in total. The van der Waals surface area contributed by atoms with Gasteiger partial charge in [-0.3, -0.25) is 9.10 Å². The fourth-order valence-corrected chi connectivity index (χ4v) is 4.58. The zero-order valence-electron chi connectivity index (χ0n) is 14.9. The lowest BCUT2D eigenvalue weighted by molar-refractivity contribution is -0.112. The Morgan fingerprint density at radius 1 is 1.15 bits per heavy atom. The highest BCUT2D eigenvalue weighted by atomic mass is 32.2. The summed E-state index contributed by atoms with van der Waals surface area (Å²) >= 11 is 0. The lowest BCUT2D eigenvalue weighted by Gasteiger charge is -2.20. The van der Waals surface area contributed by atoms with Gasteiger partial charge >= 0.3 is 0 Å². The van der Waals surface area contributed by atoms with Crippen molar-refractivity contribution in [3.8, 4) is 0 Å². The van der Waals surface area contributed by atoms with E-state index in [0.717, 1.165) is 11.1 Å². The second-order valence-corrected chi connectivity index (χ2v) is 8.45. The van der Waals surface area contributed by atoms with Crippen molar-refractivity contribution in [3.05, 3.63) is 65.2 Å². The van der Waals surface area contributed by atoms with Crippen molar-refractivity contribution >= 4 is 33.4 Å². The summed E-state index contributed by atoms with van der Waals surface area (Å²) in [7, 11) is -3.26. The van der Waals surface area contributed by atoms with Crippen molar-refractivity contribution in [1.29, 1.82) is 0 Å². The number of hydrogen-bond donors (Lipinski definition) is 1. The van der Waals surface area contributed by atoms with Gasteiger partial charge in [0.15, 0.2) is 0 Å². The van der Waals surface area contributed by atoms with Crippen molar-refractivity contribution < 1.29 is 13.2 Å². The average Bonchev–Trinajstić information content (AvgIpc) is 2.96. The summed E-state index contributed by atoms with van der Waals surface area (Å²) < 4.78 is 25.8. The Hall–Kier alpha value is -2.60. The Kier molecular flexibility index (Phi) is 5.13. The number of amides is 1. The molecule has 1 fully saturated rings. The van der Waals surface area contributed by atoms with Crippen molar-refractivity contribution in [1.82, 2.24) is 0 Å². The molecule has 5 nitrogen and oxygen atoms in total. The van der Waals surface area contributed by atoms with E-state index in [2.05, 4.69) is 5.32 Å². The Labute approximate surface area is 154 Å². The van der Waals surface area contributed by atoms with E-state index in [9.17, 15) is 13.2 Å². The van der Waals surface area contributed by atoms with Crippen molar-refractivity contribution in [2.24, 2.45) is 0 Å². The van der Waals surface area contributed by atoms with Crippen molar-refractivity contribution in [2.75, 3.05) is 21.9 Å². The summed E-state index contributed by atoms with van der Waals surface area (Å²) in [6.45, 7) is 4.10. The van der Waals surface area contributed by atoms with Gasteiger partial charge in [0.1, 0.15) is 0 Å². The minimum absolute atomic E-state index is 0.169. The molecular formula is C20H22N2O3S. The van der Waals surface area contributed by atoms with E-state index in [1.807, 2.05) is 49.4 Å². The summed E-state index contributed by atoms with van der Waals surface area (Å²) in [5.74, 6) is -0.0463. The van der Waals surface area contributed by atoms with Crippen molar-refractivity contribution in [2.45, 2.75) is 20.3 Å². The molecule has 1 amide bonds. The minimum Gasteiger partial charge on any atom is -0.322 e. The third kappa shape index (κ3) is 3.96. The van der Waals surface area contributed by atoms with E-state index in [-0.39, 0.29) is 11.7 Å². The van der Waals surface area contributed by atoms with Gasteiger partial charge in [-0.05, 0) is 49.6 Å². The molecule has 6 heteroatoms. The maximum Gasteiger partial charge on any atom is 0.251 e. The smallest absolute Gasteiger partial charge is 0.251 e. The maximum absolute atomic E-state index is 12.5. The molecule has 2 aromatic rings. The molecule has 0 aliphatic carbocycles. The Morgan fingerprint density at radius 3 is 2.54 bits per heavy atom. The van der Waals surface area contributed by atoms with Crippen molar-refractivity contribution in [3.63, 3.8) is 0 Å². The highest BCUT2D eigenvalue weighted by molar-refractivity contribution is 7.93. The fraction of sp³-hybridized carbons (Fsp3) is 0.250. The molecule has 2 aromatic carbocycles.